The highest BCUT2D eigenvalue weighted by Gasteiger charge is 2.15. The van der Waals surface area contributed by atoms with E-state index in [0.717, 1.165) is 6.07 Å². The fourth-order valence-electron chi connectivity index (χ4n) is 1.62. The van der Waals surface area contributed by atoms with Crippen LogP contribution in [0.2, 0.25) is 5.02 Å². The minimum atomic E-state index is -0.613. The average molecular weight is 439 g/mol. The summed E-state index contributed by atoms with van der Waals surface area (Å²) in [7, 11) is 0. The monoisotopic (exact) mass is 437 g/mol. The molecule has 110 valence electrons. The van der Waals surface area contributed by atoms with Crippen LogP contribution in [0.3, 0.4) is 0 Å². The van der Waals surface area contributed by atoms with E-state index < -0.39 is 10.7 Å². The van der Waals surface area contributed by atoms with Gasteiger partial charge in [0.15, 0.2) is 0 Å². The first-order valence-corrected chi connectivity index (χ1v) is 7.87. The lowest BCUT2D eigenvalue weighted by Crippen LogP contribution is -1.95. The predicted molar refractivity (Wildman–Crippen MR) is 84.9 cm³/mol. The molecule has 0 aliphatic rings. The second-order valence-electron chi connectivity index (χ2n) is 3.98. The number of benzene rings is 2. The smallest absolute Gasteiger partial charge is 0.273 e. The lowest BCUT2D eigenvalue weighted by molar-refractivity contribution is -0.385. The molecule has 0 unspecified atom stereocenters. The third-order valence-corrected chi connectivity index (χ3v) is 4.11. The first-order valence-electron chi connectivity index (χ1n) is 5.58. The Hall–Kier alpha value is -1.18. The van der Waals surface area contributed by atoms with Crippen molar-refractivity contribution in [1.29, 1.82) is 0 Å². The Morgan fingerprint density at radius 3 is 2.67 bits per heavy atom. The van der Waals surface area contributed by atoms with Crippen LogP contribution in [-0.2, 0) is 5.33 Å². The standard InChI is InChI=1S/C13H7Br2ClFNO3/c14-6-7-3-8(1-2-12(7)18(19)20)21-13-5-11(17)10(16)4-9(13)15/h1-5H,6H2. The SMILES string of the molecule is O=[N+]([O-])c1ccc(Oc2cc(F)c(Cl)cc2Br)cc1CBr. The molecule has 0 amide bonds. The second kappa shape index (κ2) is 6.72. The van der Waals surface area contributed by atoms with E-state index in [0.29, 0.717) is 21.1 Å². The maximum Gasteiger partial charge on any atom is 0.273 e. The summed E-state index contributed by atoms with van der Waals surface area (Å²) in [4.78, 5) is 10.4. The van der Waals surface area contributed by atoms with Crippen LogP contribution in [0.25, 0.3) is 0 Å². The molecule has 8 heteroatoms. The van der Waals surface area contributed by atoms with E-state index in [2.05, 4.69) is 31.9 Å². The molecule has 0 spiro atoms. The van der Waals surface area contributed by atoms with Crippen LogP contribution in [0, 0.1) is 15.9 Å². The van der Waals surface area contributed by atoms with Crippen LogP contribution < -0.4 is 4.74 Å². The number of halogens is 4. The van der Waals surface area contributed by atoms with Crippen molar-refractivity contribution in [2.24, 2.45) is 0 Å². The summed E-state index contributed by atoms with van der Waals surface area (Å²) in [5, 5.41) is 11.1. The molecule has 0 fully saturated rings. The molecule has 0 heterocycles. The molecule has 0 bridgehead atoms. The maximum absolute atomic E-state index is 13.4. The third-order valence-electron chi connectivity index (χ3n) is 2.59. The summed E-state index contributed by atoms with van der Waals surface area (Å²) in [5.74, 6) is -0.0266. The zero-order chi connectivity index (χ0) is 15.6. The molecule has 2 aromatic rings. The number of hydrogen-bond donors (Lipinski definition) is 0. The highest BCUT2D eigenvalue weighted by molar-refractivity contribution is 9.10. The molecule has 0 saturated carbocycles. The number of nitrogens with zero attached hydrogens (tertiary/aromatic N) is 1. The Labute approximate surface area is 141 Å². The molecule has 0 radical (unpaired) electrons. The largest absolute Gasteiger partial charge is 0.456 e. The van der Waals surface area contributed by atoms with Crippen molar-refractivity contribution in [2.45, 2.75) is 5.33 Å². The first kappa shape index (κ1) is 16.2. The first-order chi connectivity index (χ1) is 9.92. The molecular formula is C13H7Br2ClFNO3. The van der Waals surface area contributed by atoms with E-state index in [-0.39, 0.29) is 16.5 Å². The van der Waals surface area contributed by atoms with Gasteiger partial charge >= 0.3 is 0 Å². The van der Waals surface area contributed by atoms with Gasteiger partial charge in [0.2, 0.25) is 0 Å². The molecule has 4 nitrogen and oxygen atoms in total. The van der Waals surface area contributed by atoms with Gasteiger partial charge in [-0.25, -0.2) is 4.39 Å². The predicted octanol–water partition coefficient (Wildman–Crippen LogP) is 5.84. The lowest BCUT2D eigenvalue weighted by Gasteiger charge is -2.10. The maximum atomic E-state index is 13.4. The van der Waals surface area contributed by atoms with Gasteiger partial charge in [-0.05, 0) is 34.1 Å². The summed E-state index contributed by atoms with van der Waals surface area (Å²) in [5.41, 5.74) is 0.448. The van der Waals surface area contributed by atoms with Crippen molar-refractivity contribution >= 4 is 49.1 Å². The third kappa shape index (κ3) is 3.72. The van der Waals surface area contributed by atoms with Crippen LogP contribution in [0.5, 0.6) is 11.5 Å². The average Bonchev–Trinajstić information content (AvgIpc) is 2.44. The summed E-state index contributed by atoms with van der Waals surface area (Å²) >= 11 is 12.1. The highest BCUT2D eigenvalue weighted by Crippen LogP contribution is 2.35. The topological polar surface area (TPSA) is 52.4 Å². The summed E-state index contributed by atoms with van der Waals surface area (Å²) in [6, 6.07) is 6.83. The number of hydrogen-bond acceptors (Lipinski definition) is 3. The summed E-state index contributed by atoms with van der Waals surface area (Å²) in [6.07, 6.45) is 0. The Morgan fingerprint density at radius 2 is 2.05 bits per heavy atom. The van der Waals surface area contributed by atoms with Gasteiger partial charge in [-0.15, -0.1) is 0 Å². The van der Waals surface area contributed by atoms with E-state index in [9.17, 15) is 14.5 Å². The molecule has 21 heavy (non-hydrogen) atoms. The van der Waals surface area contributed by atoms with Crippen molar-refractivity contribution < 1.29 is 14.1 Å². The van der Waals surface area contributed by atoms with Crippen LogP contribution >= 0.6 is 43.5 Å². The van der Waals surface area contributed by atoms with Crippen molar-refractivity contribution in [2.75, 3.05) is 0 Å². The molecule has 0 aromatic heterocycles. The Kier molecular flexibility index (Phi) is 5.18. The van der Waals surface area contributed by atoms with E-state index in [1.807, 2.05) is 0 Å². The Bertz CT molecular complexity index is 712. The van der Waals surface area contributed by atoms with E-state index in [1.54, 1.807) is 0 Å². The van der Waals surface area contributed by atoms with Gasteiger partial charge in [-0.1, -0.05) is 27.5 Å². The minimum absolute atomic E-state index is 0.0134. The number of nitro groups is 1. The van der Waals surface area contributed by atoms with Crippen LogP contribution in [-0.4, -0.2) is 4.92 Å². The van der Waals surface area contributed by atoms with Crippen molar-refractivity contribution in [3.8, 4) is 11.5 Å². The molecular weight excluding hydrogens is 432 g/mol. The van der Waals surface area contributed by atoms with Crippen molar-refractivity contribution in [3.05, 3.63) is 61.3 Å². The molecule has 2 rings (SSSR count). The fraction of sp³-hybridized carbons (Fsp3) is 0.0769. The second-order valence-corrected chi connectivity index (χ2v) is 5.80. The minimum Gasteiger partial charge on any atom is -0.456 e. The number of nitro benzene ring substituents is 1. The van der Waals surface area contributed by atoms with Crippen LogP contribution in [0.1, 0.15) is 5.56 Å². The van der Waals surface area contributed by atoms with E-state index in [4.69, 9.17) is 16.3 Å². The zero-order valence-electron chi connectivity index (χ0n) is 10.3. The highest BCUT2D eigenvalue weighted by atomic mass is 79.9. The van der Waals surface area contributed by atoms with Crippen LogP contribution in [0.15, 0.2) is 34.8 Å². The molecule has 0 saturated heterocycles. The van der Waals surface area contributed by atoms with Crippen molar-refractivity contribution in [1.82, 2.24) is 0 Å². The summed E-state index contributed by atoms with van der Waals surface area (Å²) < 4.78 is 19.5. The van der Waals surface area contributed by atoms with E-state index in [1.165, 1.54) is 24.3 Å². The summed E-state index contributed by atoms with van der Waals surface area (Å²) in [6.45, 7) is 0. The quantitative estimate of drug-likeness (QED) is 0.260. The van der Waals surface area contributed by atoms with Gasteiger partial charge in [0, 0.05) is 23.0 Å². The number of alkyl halides is 1. The van der Waals surface area contributed by atoms with Gasteiger partial charge in [0.1, 0.15) is 17.3 Å². The van der Waals surface area contributed by atoms with Gasteiger partial charge in [0.25, 0.3) is 5.69 Å². The molecule has 0 aliphatic carbocycles. The number of ether oxygens (including phenoxy) is 1. The van der Waals surface area contributed by atoms with E-state index >= 15 is 0 Å². The zero-order valence-corrected chi connectivity index (χ0v) is 14.2. The normalized spacial score (nSPS) is 10.5. The Balaban J connectivity index is 2.36. The van der Waals surface area contributed by atoms with Gasteiger partial charge in [-0.2, -0.15) is 0 Å². The van der Waals surface area contributed by atoms with Gasteiger partial charge in [-0.3, -0.25) is 10.1 Å². The molecule has 0 atom stereocenters. The molecule has 0 N–H and O–H groups in total. The molecule has 0 aliphatic heterocycles. The fourth-order valence-corrected chi connectivity index (χ4v) is 2.79. The molecule has 2 aromatic carbocycles. The van der Waals surface area contributed by atoms with Gasteiger partial charge in [0.05, 0.1) is 14.4 Å². The Morgan fingerprint density at radius 1 is 1.33 bits per heavy atom. The number of rotatable bonds is 4. The van der Waals surface area contributed by atoms with Crippen LogP contribution in [0.4, 0.5) is 10.1 Å². The lowest BCUT2D eigenvalue weighted by atomic mass is 10.2. The van der Waals surface area contributed by atoms with Gasteiger partial charge < -0.3 is 4.74 Å². The van der Waals surface area contributed by atoms with Crippen molar-refractivity contribution in [3.63, 3.8) is 0 Å².